The summed E-state index contributed by atoms with van der Waals surface area (Å²) in [5, 5.41) is 11.9. The van der Waals surface area contributed by atoms with Crippen LogP contribution >= 0.6 is 0 Å². The van der Waals surface area contributed by atoms with Gasteiger partial charge in [0.05, 0.1) is 36.9 Å². The molecule has 2 aliphatic heterocycles. The second-order valence-corrected chi connectivity index (χ2v) is 8.14. The van der Waals surface area contributed by atoms with Gasteiger partial charge in [-0.25, -0.2) is 14.3 Å². The lowest BCUT2D eigenvalue weighted by Gasteiger charge is -2.30. The zero-order valence-electron chi connectivity index (χ0n) is 18.6. The predicted octanol–water partition coefficient (Wildman–Crippen LogP) is 2.81. The van der Waals surface area contributed by atoms with Gasteiger partial charge in [-0.3, -0.25) is 4.79 Å². The summed E-state index contributed by atoms with van der Waals surface area (Å²) >= 11 is 0. The number of rotatable bonds is 3. The van der Waals surface area contributed by atoms with Crippen molar-refractivity contribution in [3.8, 4) is 0 Å². The van der Waals surface area contributed by atoms with Crippen molar-refractivity contribution in [2.45, 2.75) is 24.9 Å². The summed E-state index contributed by atoms with van der Waals surface area (Å²) in [5.41, 5.74) is 2.62. The molecule has 13 heteroatoms. The van der Waals surface area contributed by atoms with Crippen LogP contribution in [0.25, 0.3) is 5.65 Å². The van der Waals surface area contributed by atoms with Crippen molar-refractivity contribution < 1.29 is 37.0 Å². The number of likely N-dealkylation sites (tertiary alicyclic amines) is 1. The van der Waals surface area contributed by atoms with E-state index in [1.165, 1.54) is 12.5 Å². The van der Waals surface area contributed by atoms with E-state index in [0.29, 0.717) is 18.7 Å². The molecule has 2 fully saturated rings. The van der Waals surface area contributed by atoms with Crippen LogP contribution in [0.2, 0.25) is 0 Å². The molecule has 0 unspecified atom stereocenters. The molecule has 5 rings (SSSR count). The number of aromatic nitrogens is 3. The first kappa shape index (κ1) is 24.5. The van der Waals surface area contributed by atoms with Gasteiger partial charge in [0.2, 0.25) is 0 Å². The summed E-state index contributed by atoms with van der Waals surface area (Å²) in [5.74, 6) is -1.58. The number of morpholine rings is 1. The van der Waals surface area contributed by atoms with Crippen LogP contribution in [0.3, 0.4) is 0 Å². The number of hydrogen-bond acceptors (Lipinski definition) is 7. The number of anilines is 1. The van der Waals surface area contributed by atoms with Gasteiger partial charge in [0, 0.05) is 32.1 Å². The lowest BCUT2D eigenvalue weighted by atomic mass is 9.96. The van der Waals surface area contributed by atoms with Gasteiger partial charge in [0.1, 0.15) is 6.26 Å². The van der Waals surface area contributed by atoms with Crippen LogP contribution in [-0.4, -0.2) is 82.1 Å². The number of furan rings is 1. The Morgan fingerprint density at radius 3 is 2.34 bits per heavy atom. The lowest BCUT2D eigenvalue weighted by molar-refractivity contribution is -0.192. The molecule has 2 saturated heterocycles. The maximum absolute atomic E-state index is 12.4. The summed E-state index contributed by atoms with van der Waals surface area (Å²) < 4.78 is 44.1. The zero-order chi connectivity index (χ0) is 25.0. The number of hydrogen-bond donors (Lipinski definition) is 1. The molecule has 10 nitrogen and oxygen atoms in total. The van der Waals surface area contributed by atoms with E-state index in [1.54, 1.807) is 6.07 Å². The molecular formula is C22H24F3N5O5. The average Bonchev–Trinajstić information content (AvgIpc) is 3.54. The van der Waals surface area contributed by atoms with Crippen molar-refractivity contribution in [3.63, 3.8) is 0 Å². The molecule has 3 aromatic rings. The minimum atomic E-state index is -5.08. The smallest absolute Gasteiger partial charge is 0.475 e. The normalized spacial score (nSPS) is 17.2. The van der Waals surface area contributed by atoms with Crippen molar-refractivity contribution in [3.05, 3.63) is 48.3 Å². The molecule has 5 heterocycles. The number of pyridine rings is 1. The van der Waals surface area contributed by atoms with Crippen molar-refractivity contribution in [2.24, 2.45) is 0 Å². The van der Waals surface area contributed by atoms with Crippen LogP contribution < -0.4 is 4.90 Å². The molecule has 0 aliphatic carbocycles. The summed E-state index contributed by atoms with van der Waals surface area (Å²) in [4.78, 5) is 30.3. The Bertz CT molecular complexity index is 1150. The minimum Gasteiger partial charge on any atom is -0.475 e. The van der Waals surface area contributed by atoms with E-state index in [-0.39, 0.29) is 11.8 Å². The number of fused-ring (bicyclic) bond motifs is 1. The maximum atomic E-state index is 12.4. The maximum Gasteiger partial charge on any atom is 0.490 e. The largest absolute Gasteiger partial charge is 0.490 e. The topological polar surface area (TPSA) is 113 Å². The number of carboxylic acids is 1. The fourth-order valence-electron chi connectivity index (χ4n) is 3.98. The average molecular weight is 495 g/mol. The van der Waals surface area contributed by atoms with E-state index in [0.717, 1.165) is 56.3 Å². The number of carboxylic acid groups (broad SMARTS) is 1. The number of amides is 1. The molecule has 0 bridgehead atoms. The Morgan fingerprint density at radius 1 is 1.06 bits per heavy atom. The molecule has 0 atom stereocenters. The summed E-state index contributed by atoms with van der Waals surface area (Å²) in [6, 6.07) is 5.84. The summed E-state index contributed by atoms with van der Waals surface area (Å²) in [6.07, 6.45) is 1.75. The molecule has 188 valence electrons. The van der Waals surface area contributed by atoms with E-state index in [2.05, 4.69) is 17.2 Å². The van der Waals surface area contributed by atoms with Crippen molar-refractivity contribution in [2.75, 3.05) is 44.3 Å². The lowest BCUT2D eigenvalue weighted by Crippen LogP contribution is -2.38. The Labute approximate surface area is 197 Å². The first-order valence-electron chi connectivity index (χ1n) is 11.0. The number of carbonyl (C=O) groups excluding carboxylic acids is 1. The first-order valence-corrected chi connectivity index (χ1v) is 11.0. The van der Waals surface area contributed by atoms with E-state index in [9.17, 15) is 18.0 Å². The molecule has 0 spiro atoms. The van der Waals surface area contributed by atoms with Crippen LogP contribution in [0.5, 0.6) is 0 Å². The fourth-order valence-corrected chi connectivity index (χ4v) is 3.98. The van der Waals surface area contributed by atoms with E-state index in [4.69, 9.17) is 29.1 Å². The molecule has 0 radical (unpaired) electrons. The number of piperidine rings is 1. The van der Waals surface area contributed by atoms with Crippen LogP contribution in [0, 0.1) is 0 Å². The fraction of sp³-hybridized carbons (Fsp3) is 0.455. The Morgan fingerprint density at radius 2 is 1.74 bits per heavy atom. The molecule has 0 saturated carbocycles. The van der Waals surface area contributed by atoms with Gasteiger partial charge in [0.15, 0.2) is 11.5 Å². The molecular weight excluding hydrogens is 471 g/mol. The third-order valence-corrected chi connectivity index (χ3v) is 5.87. The minimum absolute atomic E-state index is 0.0327. The monoisotopic (exact) mass is 495 g/mol. The molecule has 3 aromatic heterocycles. The van der Waals surface area contributed by atoms with Gasteiger partial charge in [-0.15, -0.1) is 0 Å². The van der Waals surface area contributed by atoms with Crippen molar-refractivity contribution >= 4 is 23.2 Å². The van der Waals surface area contributed by atoms with E-state index >= 15 is 0 Å². The second-order valence-electron chi connectivity index (χ2n) is 8.14. The molecule has 2 aliphatic rings. The van der Waals surface area contributed by atoms with Crippen LogP contribution in [0.4, 0.5) is 18.9 Å². The van der Waals surface area contributed by atoms with Gasteiger partial charge >= 0.3 is 12.1 Å². The number of nitrogens with zero attached hydrogens (tertiary/aromatic N) is 5. The first-order chi connectivity index (χ1) is 16.7. The van der Waals surface area contributed by atoms with E-state index < -0.39 is 12.1 Å². The number of aliphatic carboxylic acids is 1. The highest BCUT2D eigenvalue weighted by Gasteiger charge is 2.38. The Balaban J connectivity index is 0.000000364. The zero-order valence-corrected chi connectivity index (χ0v) is 18.6. The van der Waals surface area contributed by atoms with Crippen molar-refractivity contribution in [1.82, 2.24) is 19.5 Å². The van der Waals surface area contributed by atoms with Gasteiger partial charge in [-0.1, -0.05) is 0 Å². The van der Waals surface area contributed by atoms with Crippen LogP contribution in [0.1, 0.15) is 34.9 Å². The van der Waals surface area contributed by atoms with Crippen molar-refractivity contribution in [1.29, 1.82) is 0 Å². The predicted molar refractivity (Wildman–Crippen MR) is 116 cm³/mol. The molecule has 0 aromatic carbocycles. The molecule has 1 amide bonds. The summed E-state index contributed by atoms with van der Waals surface area (Å²) in [7, 11) is 0. The SMILES string of the molecule is O=C(O)C(F)(F)F.O=C(c1ccoc1)N1CCC(c2nc3ccc(N4CCOCC4)cn3n2)CC1. The van der Waals surface area contributed by atoms with E-state index in [1.807, 2.05) is 15.5 Å². The number of alkyl halides is 3. The third kappa shape index (κ3) is 5.91. The quantitative estimate of drug-likeness (QED) is 0.590. The highest BCUT2D eigenvalue weighted by molar-refractivity contribution is 5.93. The molecule has 35 heavy (non-hydrogen) atoms. The van der Waals surface area contributed by atoms with Gasteiger partial charge in [0.25, 0.3) is 5.91 Å². The van der Waals surface area contributed by atoms with Crippen LogP contribution in [-0.2, 0) is 9.53 Å². The van der Waals surface area contributed by atoms with Gasteiger partial charge in [-0.2, -0.15) is 18.3 Å². The molecule has 1 N–H and O–H groups in total. The number of ether oxygens (including phenoxy) is 1. The van der Waals surface area contributed by atoms with Gasteiger partial charge < -0.3 is 24.1 Å². The third-order valence-electron chi connectivity index (χ3n) is 5.87. The Hall–Kier alpha value is -3.61. The Kier molecular flexibility index (Phi) is 7.24. The standard InChI is InChI=1S/C20H23N5O3.C2HF3O2/c26-20(16-5-10-28-14-16)24-6-3-15(4-7-24)19-21-18-2-1-17(13-25(18)22-19)23-8-11-27-12-9-23;3-2(4,5)1(6)7/h1-2,5,10,13-15H,3-4,6-9,11-12H2;(H,6,7). The number of carbonyl (C=O) groups is 2. The van der Waals surface area contributed by atoms with Gasteiger partial charge in [-0.05, 0) is 31.0 Å². The number of halogens is 3. The second kappa shape index (κ2) is 10.3. The summed E-state index contributed by atoms with van der Waals surface area (Å²) in [6.45, 7) is 4.74. The van der Waals surface area contributed by atoms with Crippen LogP contribution in [0.15, 0.2) is 41.3 Å². The highest BCUT2D eigenvalue weighted by atomic mass is 19.4. The highest BCUT2D eigenvalue weighted by Crippen LogP contribution is 2.27.